The first-order valence-electron chi connectivity index (χ1n) is 8.44. The van der Waals surface area contributed by atoms with Gasteiger partial charge in [-0.05, 0) is 30.3 Å². The van der Waals surface area contributed by atoms with Crippen LogP contribution in [-0.4, -0.2) is 29.1 Å². The Hall–Kier alpha value is -3.41. The zero-order valence-electron chi connectivity index (χ0n) is 14.1. The van der Waals surface area contributed by atoms with Gasteiger partial charge >= 0.3 is 0 Å². The van der Waals surface area contributed by atoms with Crippen LogP contribution in [0.3, 0.4) is 0 Å². The van der Waals surface area contributed by atoms with Crippen molar-refractivity contribution in [3.8, 4) is 11.4 Å². The largest absolute Gasteiger partial charge is 0.365 e. The Morgan fingerprint density at radius 2 is 1.88 bits per heavy atom. The Balaban J connectivity index is 1.58. The molecule has 6 nitrogen and oxygen atoms in total. The number of hydrogen-bond acceptors (Lipinski definition) is 5. The van der Waals surface area contributed by atoms with E-state index in [1.807, 2.05) is 47.4 Å². The van der Waals surface area contributed by atoms with E-state index in [1.165, 1.54) is 12.0 Å². The molecule has 0 radical (unpaired) electrons. The smallest absolute Gasteiger partial charge is 0.251 e. The molecule has 2 unspecified atom stereocenters. The number of rotatable bonds is 2. The van der Waals surface area contributed by atoms with Crippen LogP contribution < -0.4 is 9.80 Å². The van der Waals surface area contributed by atoms with Crippen molar-refractivity contribution < 1.29 is 9.32 Å². The highest BCUT2D eigenvalue weighted by atomic mass is 16.5. The summed E-state index contributed by atoms with van der Waals surface area (Å²) in [4.78, 5) is 20.9. The van der Waals surface area contributed by atoms with Gasteiger partial charge in [0.1, 0.15) is 0 Å². The minimum absolute atomic E-state index is 0.0105. The van der Waals surface area contributed by atoms with Gasteiger partial charge < -0.3 is 9.42 Å². The average Bonchev–Trinajstić information content (AvgIpc) is 3.30. The molecule has 0 saturated heterocycles. The molecule has 0 bridgehead atoms. The number of anilines is 2. The Morgan fingerprint density at radius 1 is 1.08 bits per heavy atom. The first-order valence-corrected chi connectivity index (χ1v) is 8.44. The fraction of sp³-hybridized carbons (Fsp3) is 0.150. The first kappa shape index (κ1) is 14.9. The summed E-state index contributed by atoms with van der Waals surface area (Å²) in [6.07, 6.45) is 4.96. The van der Waals surface area contributed by atoms with Gasteiger partial charge in [0.2, 0.25) is 12.2 Å². The van der Waals surface area contributed by atoms with Gasteiger partial charge in [-0.15, -0.1) is 0 Å². The number of carbonyl (C=O) groups is 1. The molecule has 2 aliphatic heterocycles. The predicted molar refractivity (Wildman–Crippen MR) is 97.7 cm³/mol. The maximum Gasteiger partial charge on any atom is 0.251 e. The van der Waals surface area contributed by atoms with E-state index in [2.05, 4.69) is 34.2 Å². The molecular weight excluding hydrogens is 328 g/mol. The normalized spacial score (nSPS) is 21.0. The third-order valence-corrected chi connectivity index (χ3v) is 5.12. The van der Waals surface area contributed by atoms with Gasteiger partial charge in [-0.2, -0.15) is 4.98 Å². The topological polar surface area (TPSA) is 62.5 Å². The second-order valence-electron chi connectivity index (χ2n) is 6.47. The molecule has 0 aliphatic carbocycles. The van der Waals surface area contributed by atoms with Gasteiger partial charge in [0.25, 0.3) is 5.91 Å². The van der Waals surface area contributed by atoms with Crippen molar-refractivity contribution in [2.45, 2.75) is 12.1 Å². The van der Waals surface area contributed by atoms with Crippen LogP contribution in [-0.2, 0) is 4.79 Å². The zero-order valence-corrected chi connectivity index (χ0v) is 14.1. The Morgan fingerprint density at radius 3 is 2.65 bits per heavy atom. The van der Waals surface area contributed by atoms with Crippen LogP contribution in [0.4, 0.5) is 11.4 Å². The van der Waals surface area contributed by atoms with E-state index in [9.17, 15) is 4.79 Å². The Bertz CT molecular complexity index is 995. The van der Waals surface area contributed by atoms with Gasteiger partial charge in [0, 0.05) is 35.6 Å². The summed E-state index contributed by atoms with van der Waals surface area (Å²) in [5, 5.41) is 3.85. The summed E-state index contributed by atoms with van der Waals surface area (Å²) in [6, 6.07) is 16.0. The van der Waals surface area contributed by atoms with Crippen molar-refractivity contribution in [2.75, 3.05) is 16.8 Å². The molecule has 2 atom stereocenters. The number of amides is 1. The van der Waals surface area contributed by atoms with Crippen molar-refractivity contribution in [2.24, 2.45) is 0 Å². The number of aromatic nitrogens is 2. The molecule has 1 amide bonds. The number of hydrogen-bond donors (Lipinski definition) is 0. The van der Waals surface area contributed by atoms with E-state index >= 15 is 0 Å². The Labute approximate surface area is 150 Å². The standard InChI is InChI=1S/C20H16N4O2/c1-23-16-5-3-2-4-15(16)19-17(23)10-11-18(25)24(19)14-8-6-13(7-9-14)20-21-12-26-22-20/h2-12,17,19H,1H3. The van der Waals surface area contributed by atoms with Gasteiger partial charge in [-0.3, -0.25) is 9.69 Å². The van der Waals surface area contributed by atoms with E-state index in [4.69, 9.17) is 4.52 Å². The number of carbonyl (C=O) groups excluding carboxylic acids is 1. The third kappa shape index (κ3) is 2.08. The van der Waals surface area contributed by atoms with E-state index in [0.717, 1.165) is 16.9 Å². The molecule has 6 heteroatoms. The van der Waals surface area contributed by atoms with Gasteiger partial charge in [0.15, 0.2) is 0 Å². The lowest BCUT2D eigenvalue weighted by Crippen LogP contribution is -2.44. The van der Waals surface area contributed by atoms with Crippen LogP contribution in [0.1, 0.15) is 11.6 Å². The highest BCUT2D eigenvalue weighted by molar-refractivity contribution is 6.04. The highest BCUT2D eigenvalue weighted by Crippen LogP contribution is 2.45. The van der Waals surface area contributed by atoms with Crippen LogP contribution in [0.5, 0.6) is 0 Å². The van der Waals surface area contributed by atoms with Crippen LogP contribution in [0.2, 0.25) is 0 Å². The lowest BCUT2D eigenvalue weighted by Gasteiger charge is -2.36. The highest BCUT2D eigenvalue weighted by Gasteiger charge is 2.43. The van der Waals surface area contributed by atoms with Crippen LogP contribution in [0, 0.1) is 0 Å². The molecular formula is C20H16N4O2. The van der Waals surface area contributed by atoms with Crippen LogP contribution in [0.25, 0.3) is 11.4 Å². The fourth-order valence-electron chi connectivity index (χ4n) is 3.90. The molecule has 0 N–H and O–H groups in total. The van der Waals surface area contributed by atoms with Gasteiger partial charge in [-0.25, -0.2) is 0 Å². The summed E-state index contributed by atoms with van der Waals surface area (Å²) in [5.74, 6) is 0.522. The van der Waals surface area contributed by atoms with Crippen molar-refractivity contribution in [3.63, 3.8) is 0 Å². The van der Waals surface area contributed by atoms with Gasteiger partial charge in [-0.1, -0.05) is 29.4 Å². The average molecular weight is 344 g/mol. The Kier molecular flexibility index (Phi) is 3.18. The number of fused-ring (bicyclic) bond motifs is 3. The second-order valence-corrected chi connectivity index (χ2v) is 6.47. The van der Waals surface area contributed by atoms with Crippen LogP contribution in [0.15, 0.2) is 71.6 Å². The molecule has 2 aromatic carbocycles. The summed E-state index contributed by atoms with van der Waals surface area (Å²) < 4.78 is 4.80. The molecule has 128 valence electrons. The summed E-state index contributed by atoms with van der Waals surface area (Å²) >= 11 is 0. The number of likely N-dealkylation sites (N-methyl/N-ethyl adjacent to an activating group) is 1. The van der Waals surface area contributed by atoms with Crippen molar-refractivity contribution in [3.05, 3.63) is 72.6 Å². The maximum absolute atomic E-state index is 12.7. The molecule has 1 aromatic heterocycles. The molecule has 0 saturated carbocycles. The molecule has 2 aliphatic rings. The third-order valence-electron chi connectivity index (χ3n) is 5.12. The van der Waals surface area contributed by atoms with E-state index in [-0.39, 0.29) is 18.0 Å². The fourth-order valence-corrected chi connectivity index (χ4v) is 3.90. The van der Waals surface area contributed by atoms with E-state index in [0.29, 0.717) is 5.82 Å². The van der Waals surface area contributed by atoms with Crippen LogP contribution >= 0.6 is 0 Å². The predicted octanol–water partition coefficient (Wildman–Crippen LogP) is 3.20. The summed E-state index contributed by atoms with van der Waals surface area (Å²) in [7, 11) is 2.07. The SMILES string of the molecule is CN1c2ccccc2C2C1C=CC(=O)N2c1ccc(-c2ncon2)cc1. The molecule has 3 heterocycles. The monoisotopic (exact) mass is 344 g/mol. The zero-order chi connectivity index (χ0) is 17.7. The molecule has 5 rings (SSSR count). The van der Waals surface area contributed by atoms with Crippen molar-refractivity contribution in [1.82, 2.24) is 10.1 Å². The second kappa shape index (κ2) is 5.56. The summed E-state index contributed by atoms with van der Waals surface area (Å²) in [6.45, 7) is 0. The molecule has 3 aromatic rings. The molecule has 0 fully saturated rings. The van der Waals surface area contributed by atoms with Gasteiger partial charge in [0.05, 0.1) is 12.1 Å². The minimum atomic E-state index is -0.0373. The molecule has 0 spiro atoms. The quantitative estimate of drug-likeness (QED) is 0.714. The number of nitrogens with zero attached hydrogens (tertiary/aromatic N) is 4. The first-order chi connectivity index (χ1) is 12.7. The lowest BCUT2D eigenvalue weighted by atomic mass is 9.97. The summed E-state index contributed by atoms with van der Waals surface area (Å²) in [5.41, 5.74) is 4.03. The van der Waals surface area contributed by atoms with E-state index in [1.54, 1.807) is 6.08 Å². The van der Waals surface area contributed by atoms with Crippen molar-refractivity contribution >= 4 is 17.3 Å². The maximum atomic E-state index is 12.7. The van der Waals surface area contributed by atoms with E-state index < -0.39 is 0 Å². The number of para-hydroxylation sites is 1. The molecule has 26 heavy (non-hydrogen) atoms. The minimum Gasteiger partial charge on any atom is -0.365 e. The lowest BCUT2D eigenvalue weighted by molar-refractivity contribution is -0.115. The number of benzene rings is 2. The van der Waals surface area contributed by atoms with Crippen molar-refractivity contribution in [1.29, 1.82) is 0 Å².